The lowest BCUT2D eigenvalue weighted by molar-refractivity contribution is -0.142. The lowest BCUT2D eigenvalue weighted by atomic mass is 9.98. The third-order valence-corrected chi connectivity index (χ3v) is 7.28. The molecule has 0 bridgehead atoms. The standard InChI is InChI=1S/C26H31F3N6O3/c1-16(2)34(15-26(27,28)29)24(30)37-14-20-31-13-19-22(33-20)35(23(36)25(19)10-11-25)21-9-8-18(12-32-21)38-17-6-4-3-5-7-17/h8-9,12-13,16-17,30H,3-7,10-11,14-15H2,1-2H3. The summed E-state index contributed by atoms with van der Waals surface area (Å²) in [6, 6.07) is 2.31. The number of amides is 1. The quantitative estimate of drug-likeness (QED) is 0.395. The summed E-state index contributed by atoms with van der Waals surface area (Å²) in [5.74, 6) is 1.47. The number of alkyl halides is 3. The molecule has 3 aliphatic rings. The van der Waals surface area contributed by atoms with Crippen molar-refractivity contribution < 1.29 is 27.4 Å². The van der Waals surface area contributed by atoms with Gasteiger partial charge in [-0.1, -0.05) is 6.42 Å². The second-order valence-electron chi connectivity index (χ2n) is 10.4. The molecule has 1 spiro atoms. The summed E-state index contributed by atoms with van der Waals surface area (Å²) >= 11 is 0. The van der Waals surface area contributed by atoms with Crippen molar-refractivity contribution in [2.24, 2.45) is 0 Å². The molecule has 0 aromatic carbocycles. The van der Waals surface area contributed by atoms with Gasteiger partial charge in [0.15, 0.2) is 12.4 Å². The molecule has 2 aromatic rings. The molecule has 9 nitrogen and oxygen atoms in total. The molecule has 1 amide bonds. The molecule has 0 radical (unpaired) electrons. The minimum absolute atomic E-state index is 0.128. The molecular weight excluding hydrogens is 501 g/mol. The van der Waals surface area contributed by atoms with Crippen LogP contribution in [0.4, 0.5) is 24.8 Å². The summed E-state index contributed by atoms with van der Waals surface area (Å²) in [4.78, 5) is 29.0. The molecule has 2 aromatic heterocycles. The van der Waals surface area contributed by atoms with E-state index in [4.69, 9.17) is 14.9 Å². The highest BCUT2D eigenvalue weighted by molar-refractivity contribution is 6.13. The van der Waals surface area contributed by atoms with Crippen LogP contribution in [0.15, 0.2) is 24.5 Å². The predicted molar refractivity (Wildman–Crippen MR) is 132 cm³/mol. The Morgan fingerprint density at radius 1 is 1.18 bits per heavy atom. The average molecular weight is 533 g/mol. The van der Waals surface area contributed by atoms with Crippen LogP contribution >= 0.6 is 0 Å². The predicted octanol–water partition coefficient (Wildman–Crippen LogP) is 5.02. The van der Waals surface area contributed by atoms with Gasteiger partial charge < -0.3 is 14.4 Å². The number of nitrogens with one attached hydrogen (secondary N) is 1. The van der Waals surface area contributed by atoms with Gasteiger partial charge in [0.05, 0.1) is 17.7 Å². The third-order valence-electron chi connectivity index (χ3n) is 7.28. The summed E-state index contributed by atoms with van der Waals surface area (Å²) in [6.07, 6.45) is 5.83. The number of hydrogen-bond donors (Lipinski definition) is 1. The van der Waals surface area contributed by atoms with Crippen molar-refractivity contribution in [2.75, 3.05) is 11.4 Å². The van der Waals surface area contributed by atoms with E-state index in [0.29, 0.717) is 35.8 Å². The highest BCUT2D eigenvalue weighted by atomic mass is 19.4. The highest BCUT2D eigenvalue weighted by Crippen LogP contribution is 2.58. The Balaban J connectivity index is 1.33. The first kappa shape index (κ1) is 26.2. The topological polar surface area (TPSA) is 105 Å². The monoisotopic (exact) mass is 532 g/mol. The molecule has 2 aliphatic carbocycles. The lowest BCUT2D eigenvalue weighted by Gasteiger charge is -2.28. The summed E-state index contributed by atoms with van der Waals surface area (Å²) in [5.41, 5.74) is 0.0353. The lowest BCUT2D eigenvalue weighted by Crippen LogP contribution is -2.43. The van der Waals surface area contributed by atoms with Crippen LogP contribution in [0, 0.1) is 5.41 Å². The Labute approximate surface area is 218 Å². The second kappa shape index (κ2) is 10.0. The number of fused-ring (bicyclic) bond motifs is 2. The Bertz CT molecular complexity index is 1190. The number of carbonyl (C=O) groups excluding carboxylic acids is 1. The van der Waals surface area contributed by atoms with Crippen molar-refractivity contribution in [1.82, 2.24) is 19.9 Å². The van der Waals surface area contributed by atoms with E-state index in [-0.39, 0.29) is 24.4 Å². The number of ether oxygens (including phenoxy) is 2. The summed E-state index contributed by atoms with van der Waals surface area (Å²) in [7, 11) is 0. The first-order valence-corrected chi connectivity index (χ1v) is 13.0. The van der Waals surface area contributed by atoms with Gasteiger partial charge in [0, 0.05) is 17.8 Å². The van der Waals surface area contributed by atoms with E-state index in [1.54, 1.807) is 38.4 Å². The molecule has 38 heavy (non-hydrogen) atoms. The minimum atomic E-state index is -4.48. The van der Waals surface area contributed by atoms with Gasteiger partial charge in [0.1, 0.15) is 23.9 Å². The number of hydrogen-bond acceptors (Lipinski definition) is 7. The SMILES string of the molecule is CC(C)N(CC(F)(F)F)C(=N)OCc1ncc2c(n1)N(c1ccc(OC3CCCCC3)cn1)C(=O)C21CC1. The number of rotatable bonds is 7. The molecule has 2 fully saturated rings. The number of nitrogens with zero attached hydrogens (tertiary/aromatic N) is 5. The minimum Gasteiger partial charge on any atom is -0.489 e. The van der Waals surface area contributed by atoms with Gasteiger partial charge in [0.25, 0.3) is 6.02 Å². The molecule has 0 saturated heterocycles. The van der Waals surface area contributed by atoms with Crippen molar-refractivity contribution in [3.05, 3.63) is 35.9 Å². The molecule has 1 aliphatic heterocycles. The van der Waals surface area contributed by atoms with Crippen LogP contribution in [-0.4, -0.2) is 56.6 Å². The van der Waals surface area contributed by atoms with Gasteiger partial charge >= 0.3 is 6.18 Å². The average Bonchev–Trinajstić information content (AvgIpc) is 3.65. The van der Waals surface area contributed by atoms with E-state index in [9.17, 15) is 18.0 Å². The maximum Gasteiger partial charge on any atom is 0.406 e. The maximum absolute atomic E-state index is 13.4. The summed E-state index contributed by atoms with van der Waals surface area (Å²) < 4.78 is 50.2. The van der Waals surface area contributed by atoms with Crippen LogP contribution in [0.2, 0.25) is 0 Å². The number of halogens is 3. The Morgan fingerprint density at radius 2 is 1.92 bits per heavy atom. The van der Waals surface area contributed by atoms with E-state index in [0.717, 1.165) is 30.6 Å². The zero-order chi connectivity index (χ0) is 27.1. The summed E-state index contributed by atoms with van der Waals surface area (Å²) in [6.45, 7) is 1.48. The van der Waals surface area contributed by atoms with Gasteiger partial charge in [-0.2, -0.15) is 13.2 Å². The van der Waals surface area contributed by atoms with Crippen molar-refractivity contribution >= 4 is 23.6 Å². The van der Waals surface area contributed by atoms with Crippen LogP contribution in [0.25, 0.3) is 0 Å². The normalized spacial score (nSPS) is 18.6. The van der Waals surface area contributed by atoms with Gasteiger partial charge in [-0.15, -0.1) is 0 Å². The molecule has 3 heterocycles. The first-order chi connectivity index (χ1) is 18.1. The van der Waals surface area contributed by atoms with Crippen molar-refractivity contribution in [2.45, 2.75) is 89.1 Å². The zero-order valence-corrected chi connectivity index (χ0v) is 21.4. The number of pyridine rings is 1. The van der Waals surface area contributed by atoms with Crippen molar-refractivity contribution in [1.29, 1.82) is 5.41 Å². The van der Waals surface area contributed by atoms with E-state index < -0.39 is 30.2 Å². The smallest absolute Gasteiger partial charge is 0.406 e. The highest BCUT2D eigenvalue weighted by Gasteiger charge is 2.61. The molecule has 204 valence electrons. The number of aromatic nitrogens is 3. The zero-order valence-electron chi connectivity index (χ0n) is 21.4. The summed E-state index contributed by atoms with van der Waals surface area (Å²) in [5, 5.41) is 8.01. The van der Waals surface area contributed by atoms with Crippen LogP contribution < -0.4 is 9.64 Å². The number of carbonyl (C=O) groups is 1. The Morgan fingerprint density at radius 3 is 2.53 bits per heavy atom. The molecular formula is C26H31F3N6O3. The van der Waals surface area contributed by atoms with Crippen LogP contribution in [-0.2, 0) is 21.6 Å². The van der Waals surface area contributed by atoms with E-state index in [2.05, 4.69) is 15.0 Å². The fraction of sp³-hybridized carbons (Fsp3) is 0.577. The van der Waals surface area contributed by atoms with E-state index >= 15 is 0 Å². The molecule has 0 atom stereocenters. The van der Waals surface area contributed by atoms with Gasteiger partial charge in [-0.05, 0) is 64.5 Å². The van der Waals surface area contributed by atoms with Crippen molar-refractivity contribution in [3.63, 3.8) is 0 Å². The van der Waals surface area contributed by atoms with Crippen LogP contribution in [0.3, 0.4) is 0 Å². The van der Waals surface area contributed by atoms with Crippen LogP contribution in [0.5, 0.6) is 5.75 Å². The number of amidine groups is 1. The molecule has 12 heteroatoms. The molecule has 0 unspecified atom stereocenters. The maximum atomic E-state index is 13.4. The van der Waals surface area contributed by atoms with Gasteiger partial charge in [-0.3, -0.25) is 10.2 Å². The Hall–Kier alpha value is -3.44. The largest absolute Gasteiger partial charge is 0.489 e. The second-order valence-corrected chi connectivity index (χ2v) is 10.4. The van der Waals surface area contributed by atoms with Gasteiger partial charge in [-0.25, -0.2) is 19.9 Å². The Kier molecular flexibility index (Phi) is 6.91. The number of anilines is 2. The third kappa shape index (κ3) is 5.25. The molecule has 2 saturated carbocycles. The van der Waals surface area contributed by atoms with Crippen LogP contribution in [0.1, 0.15) is 70.2 Å². The molecule has 1 N–H and O–H groups in total. The molecule has 5 rings (SSSR count). The fourth-order valence-electron chi connectivity index (χ4n) is 5.08. The fourth-order valence-corrected chi connectivity index (χ4v) is 5.08. The van der Waals surface area contributed by atoms with E-state index in [1.807, 2.05) is 0 Å². The first-order valence-electron chi connectivity index (χ1n) is 13.0. The van der Waals surface area contributed by atoms with Gasteiger partial charge in [0.2, 0.25) is 5.91 Å². The van der Waals surface area contributed by atoms with Crippen molar-refractivity contribution in [3.8, 4) is 5.75 Å². The van der Waals surface area contributed by atoms with E-state index in [1.165, 1.54) is 11.3 Å².